The molecule has 0 heterocycles. The van der Waals surface area contributed by atoms with Crippen LogP contribution in [0.25, 0.3) is 0 Å². The van der Waals surface area contributed by atoms with Gasteiger partial charge in [-0.05, 0) is 44.9 Å². The first-order chi connectivity index (χ1) is 27.8. The van der Waals surface area contributed by atoms with E-state index in [1.54, 1.807) is 0 Å². The van der Waals surface area contributed by atoms with Crippen molar-refractivity contribution in [3.8, 4) is 0 Å². The highest BCUT2D eigenvalue weighted by atomic mass is 31.2. The van der Waals surface area contributed by atoms with Crippen molar-refractivity contribution >= 4 is 13.8 Å². The SMILES string of the molecule is CC/C=C\C/C=C\C/C=C\CCCCCC(=O)OC(COCCCCCCCCCCCCCCCCCCCCCCCCC)COP(=O)(O)OCC(O)CO. The van der Waals surface area contributed by atoms with Crippen LogP contribution in [0.2, 0.25) is 0 Å². The normalized spacial score (nSPS) is 14.3. The smallest absolute Gasteiger partial charge is 0.457 e. The molecular formula is C47H89O9P. The maximum Gasteiger partial charge on any atom is 0.472 e. The maximum absolute atomic E-state index is 12.6. The Hall–Kier alpha value is -1.32. The van der Waals surface area contributed by atoms with Gasteiger partial charge in [-0.2, -0.15) is 0 Å². The highest BCUT2D eigenvalue weighted by Crippen LogP contribution is 2.43. The molecule has 57 heavy (non-hydrogen) atoms. The molecular weight excluding hydrogens is 739 g/mol. The van der Waals surface area contributed by atoms with Crippen molar-refractivity contribution in [3.05, 3.63) is 36.5 Å². The number of rotatable bonds is 45. The lowest BCUT2D eigenvalue weighted by molar-refractivity contribution is -0.154. The first kappa shape index (κ1) is 55.7. The molecule has 0 amide bonds. The number of phosphoric ester groups is 1. The van der Waals surface area contributed by atoms with E-state index in [9.17, 15) is 19.4 Å². The minimum Gasteiger partial charge on any atom is -0.457 e. The van der Waals surface area contributed by atoms with Gasteiger partial charge in [0.15, 0.2) is 0 Å². The Balaban J connectivity index is 4.04. The quantitative estimate of drug-likeness (QED) is 0.0237. The Morgan fingerprint density at radius 1 is 0.561 bits per heavy atom. The summed E-state index contributed by atoms with van der Waals surface area (Å²) in [5.74, 6) is -0.408. The number of hydrogen-bond donors (Lipinski definition) is 3. The number of carbonyl (C=O) groups is 1. The molecule has 0 aromatic heterocycles. The summed E-state index contributed by atoms with van der Waals surface area (Å²) >= 11 is 0. The Morgan fingerprint density at radius 2 is 1.00 bits per heavy atom. The van der Waals surface area contributed by atoms with Crippen molar-refractivity contribution in [2.24, 2.45) is 0 Å². The lowest BCUT2D eigenvalue weighted by Gasteiger charge is -2.20. The van der Waals surface area contributed by atoms with E-state index in [0.717, 1.165) is 51.4 Å². The standard InChI is InChI=1S/C47H89O9P/c1-3-5-7-9-11-13-15-17-18-19-20-21-22-23-24-25-26-28-30-32-34-36-38-40-53-43-46(44-55-57(51,52)54-42-45(49)41-48)56-47(50)39-37-35-33-31-29-27-16-14-12-10-8-6-4-2/h6,8,12,14,27,29,45-46,48-49H,3-5,7,9-11,13,15-26,28,30-44H2,1-2H3,(H,51,52)/b8-6-,14-12-,29-27-. The Labute approximate surface area is 350 Å². The first-order valence-electron chi connectivity index (χ1n) is 23.5. The fraction of sp³-hybridized carbons (Fsp3) is 0.851. The summed E-state index contributed by atoms with van der Waals surface area (Å²) in [6.45, 7) is 3.39. The highest BCUT2D eigenvalue weighted by molar-refractivity contribution is 7.47. The number of allylic oxidation sites excluding steroid dienone is 6. The Kier molecular flexibility index (Phi) is 43.2. The molecule has 0 aliphatic heterocycles. The number of phosphoric acid groups is 1. The summed E-state index contributed by atoms with van der Waals surface area (Å²) in [5.41, 5.74) is 0. The Bertz CT molecular complexity index is 986. The van der Waals surface area contributed by atoms with Crippen molar-refractivity contribution < 1.29 is 43.0 Å². The van der Waals surface area contributed by atoms with Crippen molar-refractivity contribution in [1.82, 2.24) is 0 Å². The summed E-state index contributed by atoms with van der Waals surface area (Å²) < 4.78 is 33.4. The molecule has 0 aromatic carbocycles. The van der Waals surface area contributed by atoms with Crippen LogP contribution in [-0.4, -0.2) is 66.3 Å². The van der Waals surface area contributed by atoms with Crippen molar-refractivity contribution in [3.63, 3.8) is 0 Å². The third-order valence-corrected chi connectivity index (χ3v) is 11.0. The van der Waals surface area contributed by atoms with Crippen LogP contribution in [0.15, 0.2) is 36.5 Å². The van der Waals surface area contributed by atoms with E-state index in [2.05, 4.69) is 50.3 Å². The average molecular weight is 829 g/mol. The lowest BCUT2D eigenvalue weighted by Crippen LogP contribution is -2.29. The largest absolute Gasteiger partial charge is 0.472 e. The van der Waals surface area contributed by atoms with Gasteiger partial charge in [-0.25, -0.2) is 4.57 Å². The van der Waals surface area contributed by atoms with Crippen LogP contribution in [0.1, 0.15) is 213 Å². The molecule has 10 heteroatoms. The van der Waals surface area contributed by atoms with Gasteiger partial charge in [0.25, 0.3) is 0 Å². The van der Waals surface area contributed by atoms with Gasteiger partial charge in [0, 0.05) is 13.0 Å². The topological polar surface area (TPSA) is 132 Å². The van der Waals surface area contributed by atoms with Gasteiger partial charge >= 0.3 is 13.8 Å². The molecule has 0 bridgehead atoms. The number of esters is 1. The molecule has 9 nitrogen and oxygen atoms in total. The summed E-state index contributed by atoms with van der Waals surface area (Å²) in [6.07, 6.45) is 48.4. The second-order valence-electron chi connectivity index (χ2n) is 15.8. The van der Waals surface area contributed by atoms with Crippen LogP contribution >= 0.6 is 7.82 Å². The van der Waals surface area contributed by atoms with E-state index >= 15 is 0 Å². The van der Waals surface area contributed by atoms with Crippen molar-refractivity contribution in [2.75, 3.05) is 33.0 Å². The van der Waals surface area contributed by atoms with Gasteiger partial charge in [0.2, 0.25) is 0 Å². The van der Waals surface area contributed by atoms with Crippen LogP contribution in [0.4, 0.5) is 0 Å². The highest BCUT2D eigenvalue weighted by Gasteiger charge is 2.26. The van der Waals surface area contributed by atoms with Gasteiger partial charge < -0.3 is 24.6 Å². The predicted octanol–water partition coefficient (Wildman–Crippen LogP) is 13.2. The van der Waals surface area contributed by atoms with Crippen LogP contribution in [0.5, 0.6) is 0 Å². The van der Waals surface area contributed by atoms with E-state index in [0.29, 0.717) is 13.0 Å². The third-order valence-electron chi connectivity index (χ3n) is 10.1. The van der Waals surface area contributed by atoms with Crippen molar-refractivity contribution in [2.45, 2.75) is 225 Å². The summed E-state index contributed by atoms with van der Waals surface area (Å²) in [6, 6.07) is 0. The van der Waals surface area contributed by atoms with E-state index < -0.39 is 39.2 Å². The van der Waals surface area contributed by atoms with Gasteiger partial charge in [0.1, 0.15) is 12.2 Å². The molecule has 3 N–H and O–H groups in total. The summed E-state index contributed by atoms with van der Waals surface area (Å²) in [5, 5.41) is 18.4. The number of ether oxygens (including phenoxy) is 2. The van der Waals surface area contributed by atoms with Gasteiger partial charge in [-0.3, -0.25) is 13.8 Å². The number of hydrogen-bond acceptors (Lipinski definition) is 8. The number of aliphatic hydroxyl groups excluding tert-OH is 2. The van der Waals surface area contributed by atoms with E-state index in [1.807, 2.05) is 0 Å². The molecule has 0 radical (unpaired) electrons. The molecule has 0 saturated carbocycles. The molecule has 0 saturated heterocycles. The fourth-order valence-electron chi connectivity index (χ4n) is 6.55. The second kappa shape index (κ2) is 44.2. The zero-order valence-corrected chi connectivity index (χ0v) is 37.7. The van der Waals surface area contributed by atoms with Gasteiger partial charge in [-0.15, -0.1) is 0 Å². The number of unbranched alkanes of at least 4 members (excludes halogenated alkanes) is 25. The van der Waals surface area contributed by atoms with E-state index in [1.165, 1.54) is 135 Å². The van der Waals surface area contributed by atoms with Crippen molar-refractivity contribution in [1.29, 1.82) is 0 Å². The minimum absolute atomic E-state index is 0.0401. The molecule has 0 aliphatic rings. The minimum atomic E-state index is -4.52. The zero-order valence-electron chi connectivity index (χ0n) is 36.8. The average Bonchev–Trinajstić information content (AvgIpc) is 3.20. The fourth-order valence-corrected chi connectivity index (χ4v) is 7.34. The van der Waals surface area contributed by atoms with Gasteiger partial charge in [-0.1, -0.05) is 198 Å². The monoisotopic (exact) mass is 829 g/mol. The molecule has 0 aromatic rings. The number of aliphatic hydroxyl groups is 2. The van der Waals surface area contributed by atoms with Crippen LogP contribution in [-0.2, 0) is 27.9 Å². The molecule has 0 aliphatic carbocycles. The van der Waals surface area contributed by atoms with Crippen LogP contribution in [0, 0.1) is 0 Å². The van der Waals surface area contributed by atoms with E-state index in [-0.39, 0.29) is 19.6 Å². The molecule has 336 valence electrons. The number of carbonyl (C=O) groups excluding carboxylic acids is 1. The molecule has 0 rings (SSSR count). The lowest BCUT2D eigenvalue weighted by atomic mass is 10.0. The molecule has 0 fully saturated rings. The molecule has 0 spiro atoms. The van der Waals surface area contributed by atoms with E-state index in [4.69, 9.17) is 23.6 Å². The van der Waals surface area contributed by atoms with Gasteiger partial charge in [0.05, 0.1) is 26.4 Å². The maximum atomic E-state index is 12.6. The molecule has 3 unspecified atom stereocenters. The predicted molar refractivity (Wildman–Crippen MR) is 237 cm³/mol. The molecule has 3 atom stereocenters. The first-order valence-corrected chi connectivity index (χ1v) is 25.0. The van der Waals surface area contributed by atoms with Crippen LogP contribution in [0.3, 0.4) is 0 Å². The summed E-state index contributed by atoms with van der Waals surface area (Å²) in [4.78, 5) is 22.6. The zero-order chi connectivity index (χ0) is 41.8. The summed E-state index contributed by atoms with van der Waals surface area (Å²) in [7, 11) is -4.52. The van der Waals surface area contributed by atoms with Crippen LogP contribution < -0.4 is 0 Å². The second-order valence-corrected chi connectivity index (χ2v) is 17.2. The Morgan fingerprint density at radius 3 is 1.49 bits per heavy atom. The third kappa shape index (κ3) is 44.1.